The minimum absolute atomic E-state index is 0.176. The number of amidine groups is 1. The summed E-state index contributed by atoms with van der Waals surface area (Å²) in [7, 11) is -2.88. The number of hydrogen-bond acceptors (Lipinski definition) is 8. The second kappa shape index (κ2) is 5.93. The summed E-state index contributed by atoms with van der Waals surface area (Å²) >= 11 is 1.17. The van der Waals surface area contributed by atoms with Crippen molar-refractivity contribution < 1.29 is 28.2 Å². The summed E-state index contributed by atoms with van der Waals surface area (Å²) in [6.45, 7) is 0. The summed E-state index contributed by atoms with van der Waals surface area (Å²) in [6.07, 6.45) is 0.649. The fraction of sp³-hybridized carbons (Fsp3) is 0.0714. The lowest BCUT2D eigenvalue weighted by Crippen LogP contribution is -2.40. The molecule has 1 aromatic carbocycles. The van der Waals surface area contributed by atoms with Crippen LogP contribution in [0.15, 0.2) is 51.0 Å². The Morgan fingerprint density at radius 2 is 1.96 bits per heavy atom. The zero-order valence-corrected chi connectivity index (χ0v) is 14.3. The number of fused-ring (bicyclic) bond motifs is 1. The maximum absolute atomic E-state index is 12.4. The minimum atomic E-state index is -4.41. The molecule has 0 spiro atoms. The number of aliphatic imine (C=N–C) groups is 1. The highest BCUT2D eigenvalue weighted by atomic mass is 32.2. The van der Waals surface area contributed by atoms with Crippen LogP contribution in [0.25, 0.3) is 5.76 Å². The Labute approximate surface area is 146 Å². The van der Waals surface area contributed by atoms with E-state index in [0.717, 1.165) is 4.90 Å². The van der Waals surface area contributed by atoms with Crippen molar-refractivity contribution in [1.82, 2.24) is 9.62 Å². The van der Waals surface area contributed by atoms with E-state index < -0.39 is 31.8 Å². The summed E-state index contributed by atoms with van der Waals surface area (Å²) in [5.41, 5.74) is 0.252. The van der Waals surface area contributed by atoms with Crippen molar-refractivity contribution in [2.45, 2.75) is 4.90 Å². The van der Waals surface area contributed by atoms with Crippen LogP contribution in [0, 0.1) is 0 Å². The van der Waals surface area contributed by atoms with Crippen LogP contribution >= 0.6 is 11.9 Å². The molecule has 1 amide bonds. The molecule has 0 saturated carbocycles. The number of aliphatic hydroxyl groups is 1. The maximum atomic E-state index is 12.4. The van der Waals surface area contributed by atoms with E-state index in [9.17, 15) is 23.1 Å². The van der Waals surface area contributed by atoms with Crippen LogP contribution in [-0.4, -0.2) is 47.0 Å². The van der Waals surface area contributed by atoms with Gasteiger partial charge in [-0.05, 0) is 24.1 Å². The third-order valence-electron chi connectivity index (χ3n) is 3.41. The molecule has 0 aliphatic carbocycles. The molecule has 0 saturated heterocycles. The standard InChI is InChI=1S/C14H11N3O6S2/c1-17-10(11(18)7-4-2-3-5-8(7)24-17)12(19)16-14-15-6-9(13(20)21)25(14,22)23/h2-6,18H,1H3,(H,20,21)(H,15,16,19). The van der Waals surface area contributed by atoms with Gasteiger partial charge in [-0.25, -0.2) is 18.2 Å². The Balaban J connectivity index is 1.92. The van der Waals surface area contributed by atoms with Gasteiger partial charge in [0.25, 0.3) is 5.91 Å². The smallest absolute Gasteiger partial charge is 0.349 e. The first kappa shape index (κ1) is 17.0. The molecule has 9 nitrogen and oxygen atoms in total. The number of hydrogen-bond donors (Lipinski definition) is 3. The van der Waals surface area contributed by atoms with Gasteiger partial charge < -0.3 is 14.5 Å². The normalized spacial score (nSPS) is 18.4. The first-order valence-electron chi connectivity index (χ1n) is 6.75. The summed E-state index contributed by atoms with van der Waals surface area (Å²) in [5, 5.41) is 20.5. The topological polar surface area (TPSA) is 136 Å². The molecule has 2 aliphatic rings. The van der Waals surface area contributed by atoms with Gasteiger partial charge in [0.05, 0.1) is 6.20 Å². The predicted molar refractivity (Wildman–Crippen MR) is 89.8 cm³/mol. The van der Waals surface area contributed by atoms with E-state index in [4.69, 9.17) is 5.11 Å². The second-order valence-electron chi connectivity index (χ2n) is 4.97. The number of carbonyl (C=O) groups is 2. The van der Waals surface area contributed by atoms with Crippen molar-refractivity contribution in [3.63, 3.8) is 0 Å². The number of aliphatic hydroxyl groups excluding tert-OH is 1. The van der Waals surface area contributed by atoms with Gasteiger partial charge in [-0.2, -0.15) is 0 Å². The molecule has 11 heteroatoms. The number of likely N-dealkylation sites (N-methyl/N-ethyl adjacent to an activating group) is 1. The number of nitrogens with one attached hydrogen (secondary N) is 1. The minimum Gasteiger partial charge on any atom is -0.505 e. The van der Waals surface area contributed by atoms with Crippen LogP contribution in [0.4, 0.5) is 0 Å². The van der Waals surface area contributed by atoms with Gasteiger partial charge in [0.15, 0.2) is 16.4 Å². The van der Waals surface area contributed by atoms with E-state index in [1.165, 1.54) is 23.3 Å². The molecule has 0 fully saturated rings. The molecule has 25 heavy (non-hydrogen) atoms. The van der Waals surface area contributed by atoms with Crippen molar-refractivity contribution >= 4 is 44.6 Å². The Morgan fingerprint density at radius 1 is 1.28 bits per heavy atom. The number of sulfone groups is 1. The van der Waals surface area contributed by atoms with Crippen molar-refractivity contribution in [2.75, 3.05) is 7.05 Å². The Hall–Kier alpha value is -2.79. The molecule has 3 N–H and O–H groups in total. The highest BCUT2D eigenvalue weighted by Crippen LogP contribution is 2.38. The average Bonchev–Trinajstić information content (AvgIpc) is 2.82. The second-order valence-corrected chi connectivity index (χ2v) is 7.98. The quantitative estimate of drug-likeness (QED) is 0.637. The number of benzene rings is 1. The van der Waals surface area contributed by atoms with Crippen LogP contribution in [0.1, 0.15) is 5.56 Å². The van der Waals surface area contributed by atoms with Gasteiger partial charge in [0, 0.05) is 17.5 Å². The van der Waals surface area contributed by atoms with Gasteiger partial charge >= 0.3 is 5.97 Å². The van der Waals surface area contributed by atoms with Crippen molar-refractivity contribution in [3.05, 3.63) is 46.6 Å². The fourth-order valence-electron chi connectivity index (χ4n) is 2.25. The summed E-state index contributed by atoms with van der Waals surface area (Å²) in [4.78, 5) is 26.6. The highest BCUT2D eigenvalue weighted by Gasteiger charge is 2.37. The fourth-order valence-corrected chi connectivity index (χ4v) is 4.25. The SMILES string of the molecule is CN1Sc2ccccc2C(O)=C1C(=O)NC1=NC=C(C(=O)O)S1(=O)=O. The molecule has 0 bridgehead atoms. The molecule has 0 aromatic heterocycles. The van der Waals surface area contributed by atoms with Gasteiger partial charge in [-0.15, -0.1) is 0 Å². The maximum Gasteiger partial charge on any atom is 0.349 e. The average molecular weight is 381 g/mol. The molecule has 0 radical (unpaired) electrons. The van der Waals surface area contributed by atoms with E-state index in [1.807, 2.05) is 0 Å². The number of carboxylic acid groups (broad SMARTS) is 1. The summed E-state index contributed by atoms with van der Waals surface area (Å²) < 4.78 is 25.4. The number of nitrogens with zero attached hydrogens (tertiary/aromatic N) is 2. The van der Waals surface area contributed by atoms with Crippen LogP contribution in [0.2, 0.25) is 0 Å². The lowest BCUT2D eigenvalue weighted by atomic mass is 10.1. The number of carbonyl (C=O) groups excluding carboxylic acids is 1. The van der Waals surface area contributed by atoms with Gasteiger partial charge in [0.1, 0.15) is 0 Å². The summed E-state index contributed by atoms with van der Waals surface area (Å²) in [5.74, 6) is -2.92. The van der Waals surface area contributed by atoms with Crippen LogP contribution in [-0.2, 0) is 19.4 Å². The number of amides is 1. The van der Waals surface area contributed by atoms with Crippen molar-refractivity contribution in [2.24, 2.45) is 4.99 Å². The Kier molecular flexibility index (Phi) is 4.05. The third kappa shape index (κ3) is 2.76. The molecule has 2 heterocycles. The van der Waals surface area contributed by atoms with Crippen molar-refractivity contribution in [1.29, 1.82) is 0 Å². The van der Waals surface area contributed by atoms with Gasteiger partial charge in [-0.1, -0.05) is 12.1 Å². The van der Waals surface area contributed by atoms with Gasteiger partial charge in [0.2, 0.25) is 15.0 Å². The van der Waals surface area contributed by atoms with E-state index >= 15 is 0 Å². The molecule has 2 aliphatic heterocycles. The molecule has 0 unspecified atom stereocenters. The molecule has 1 aromatic rings. The van der Waals surface area contributed by atoms with Gasteiger partial charge in [-0.3, -0.25) is 10.1 Å². The first-order chi connectivity index (χ1) is 11.7. The zero-order valence-electron chi connectivity index (χ0n) is 12.6. The predicted octanol–water partition coefficient (Wildman–Crippen LogP) is 0.692. The first-order valence-corrected chi connectivity index (χ1v) is 9.01. The zero-order chi connectivity index (χ0) is 18.4. The molecule has 130 valence electrons. The molecule has 3 rings (SSSR count). The number of carboxylic acids is 1. The molecular formula is C14H11N3O6S2. The molecular weight excluding hydrogens is 370 g/mol. The van der Waals surface area contributed by atoms with Crippen LogP contribution in [0.5, 0.6) is 0 Å². The van der Waals surface area contributed by atoms with E-state index in [2.05, 4.69) is 10.3 Å². The Bertz CT molecular complexity index is 994. The number of aliphatic carboxylic acids is 1. The van der Waals surface area contributed by atoms with E-state index in [-0.39, 0.29) is 11.5 Å². The lowest BCUT2D eigenvalue weighted by Gasteiger charge is -2.27. The summed E-state index contributed by atoms with van der Waals surface area (Å²) in [6, 6.07) is 6.84. The Morgan fingerprint density at radius 3 is 2.60 bits per heavy atom. The third-order valence-corrected chi connectivity index (χ3v) is 5.99. The van der Waals surface area contributed by atoms with Crippen LogP contribution < -0.4 is 5.32 Å². The molecule has 0 atom stereocenters. The number of rotatable bonds is 2. The lowest BCUT2D eigenvalue weighted by molar-refractivity contribution is -0.131. The largest absolute Gasteiger partial charge is 0.505 e. The van der Waals surface area contributed by atoms with E-state index in [0.29, 0.717) is 11.8 Å². The highest BCUT2D eigenvalue weighted by molar-refractivity contribution is 8.10. The van der Waals surface area contributed by atoms with E-state index in [1.54, 1.807) is 24.3 Å². The van der Waals surface area contributed by atoms with Crippen LogP contribution in [0.3, 0.4) is 0 Å². The van der Waals surface area contributed by atoms with Crippen molar-refractivity contribution in [3.8, 4) is 0 Å². The monoisotopic (exact) mass is 381 g/mol.